The van der Waals surface area contributed by atoms with Crippen LogP contribution < -0.4 is 10.2 Å². The van der Waals surface area contributed by atoms with Gasteiger partial charge in [-0.3, -0.25) is 9.59 Å². The minimum Gasteiger partial charge on any atom is -0.326 e. The lowest BCUT2D eigenvalue weighted by Gasteiger charge is -2.31. The van der Waals surface area contributed by atoms with Gasteiger partial charge in [0.15, 0.2) is 0 Å². The maximum Gasteiger partial charge on any atom is 0.416 e. The number of amides is 2. The third-order valence-corrected chi connectivity index (χ3v) is 7.06. The van der Waals surface area contributed by atoms with Crippen molar-refractivity contribution in [1.82, 2.24) is 4.90 Å². The molecule has 11 heteroatoms. The van der Waals surface area contributed by atoms with Crippen molar-refractivity contribution in [3.05, 3.63) is 58.7 Å². The summed E-state index contributed by atoms with van der Waals surface area (Å²) in [6, 6.07) is 6.53. The van der Waals surface area contributed by atoms with Crippen LogP contribution in [-0.2, 0) is 21.9 Å². The van der Waals surface area contributed by atoms with E-state index in [-0.39, 0.29) is 12.0 Å². The van der Waals surface area contributed by atoms with Gasteiger partial charge < -0.3 is 15.1 Å². The molecule has 0 spiro atoms. The Bertz CT molecular complexity index is 1150. The van der Waals surface area contributed by atoms with Crippen molar-refractivity contribution < 1.29 is 35.9 Å². The average molecular weight is 572 g/mol. The fourth-order valence-electron chi connectivity index (χ4n) is 4.72. The summed E-state index contributed by atoms with van der Waals surface area (Å²) in [6.07, 6.45) is -8.11. The number of para-hydroxylation sites is 1. The van der Waals surface area contributed by atoms with Crippen LogP contribution in [0.5, 0.6) is 0 Å². The molecular weight excluding hydrogens is 536 g/mol. The summed E-state index contributed by atoms with van der Waals surface area (Å²) >= 11 is 0. The molecule has 5 nitrogen and oxygen atoms in total. The van der Waals surface area contributed by atoms with E-state index in [4.69, 9.17) is 0 Å². The van der Waals surface area contributed by atoms with E-state index in [1.807, 2.05) is 32.0 Å². The van der Waals surface area contributed by atoms with E-state index in [9.17, 15) is 35.9 Å². The first-order valence-electron chi connectivity index (χ1n) is 13.3. The summed E-state index contributed by atoms with van der Waals surface area (Å²) in [6.45, 7) is 10.1. The Morgan fingerprint density at radius 1 is 0.950 bits per heavy atom. The fraction of sp³-hybridized carbons (Fsp3) is 0.517. The molecule has 1 saturated carbocycles. The van der Waals surface area contributed by atoms with Gasteiger partial charge in [-0.15, -0.1) is 0 Å². The number of hydrogen-bond donors (Lipinski definition) is 1. The van der Waals surface area contributed by atoms with Gasteiger partial charge in [0.1, 0.15) is 0 Å². The van der Waals surface area contributed by atoms with Crippen LogP contribution in [0.4, 0.5) is 37.7 Å². The zero-order valence-corrected chi connectivity index (χ0v) is 23.0. The molecule has 1 N–H and O–H groups in total. The van der Waals surface area contributed by atoms with E-state index >= 15 is 0 Å². The SMILES string of the molecule is CCN(CCN(C(=O)C(C)CC(=O)Nc1cc(C(F)(F)F)cc(C(F)(F)F)c1)c1c(C)cccc1C)CC1CC1. The third-order valence-electron chi connectivity index (χ3n) is 7.06. The predicted octanol–water partition coefficient (Wildman–Crippen LogP) is 7.07. The lowest BCUT2D eigenvalue weighted by atomic mass is 10.0. The number of aryl methyl sites for hydroxylation is 2. The van der Waals surface area contributed by atoms with Gasteiger partial charge in [-0.2, -0.15) is 26.3 Å². The second-order valence-electron chi connectivity index (χ2n) is 10.5. The van der Waals surface area contributed by atoms with Crippen molar-refractivity contribution in [3.8, 4) is 0 Å². The minimum absolute atomic E-state index is 0.00692. The molecular formula is C29H35F6N3O2. The van der Waals surface area contributed by atoms with Crippen LogP contribution in [0.2, 0.25) is 0 Å². The van der Waals surface area contributed by atoms with E-state index in [1.165, 1.54) is 19.8 Å². The first-order valence-corrected chi connectivity index (χ1v) is 13.3. The standard InChI is InChI=1S/C29H35F6N3O2/c1-5-37(17-21-9-10-21)11-12-38(26-18(2)7-6-8-19(26)3)27(40)20(4)13-25(39)36-24-15-22(28(30,31)32)14-23(16-24)29(33,34)35/h6-8,14-16,20-21H,5,9-13,17H2,1-4H3,(H,36,39). The summed E-state index contributed by atoms with van der Waals surface area (Å²) in [4.78, 5) is 30.3. The van der Waals surface area contributed by atoms with Crippen molar-refractivity contribution in [3.63, 3.8) is 0 Å². The Morgan fingerprint density at radius 2 is 1.50 bits per heavy atom. The Hall–Kier alpha value is -3.08. The number of likely N-dealkylation sites (N-methyl/N-ethyl adjacent to an activating group) is 1. The van der Waals surface area contributed by atoms with Gasteiger partial charge in [0.05, 0.1) is 11.1 Å². The van der Waals surface area contributed by atoms with Gasteiger partial charge in [0.2, 0.25) is 11.8 Å². The highest BCUT2D eigenvalue weighted by atomic mass is 19.4. The predicted molar refractivity (Wildman–Crippen MR) is 142 cm³/mol. The number of carbonyl (C=O) groups excluding carboxylic acids is 2. The molecule has 2 amide bonds. The van der Waals surface area contributed by atoms with Crippen molar-refractivity contribution in [2.75, 3.05) is 36.4 Å². The molecule has 0 bridgehead atoms. The highest BCUT2D eigenvalue weighted by Crippen LogP contribution is 2.38. The van der Waals surface area contributed by atoms with Crippen LogP contribution in [0.15, 0.2) is 36.4 Å². The minimum atomic E-state index is -5.04. The average Bonchev–Trinajstić information content (AvgIpc) is 3.67. The Morgan fingerprint density at radius 3 is 1.98 bits per heavy atom. The number of benzene rings is 2. The van der Waals surface area contributed by atoms with Crippen LogP contribution in [0.25, 0.3) is 0 Å². The number of anilines is 2. The molecule has 1 unspecified atom stereocenters. The molecule has 1 aliphatic carbocycles. The largest absolute Gasteiger partial charge is 0.416 e. The van der Waals surface area contributed by atoms with Gasteiger partial charge in [-0.05, 0) is 68.5 Å². The normalized spacial score (nSPS) is 14.8. The fourth-order valence-corrected chi connectivity index (χ4v) is 4.72. The molecule has 220 valence electrons. The molecule has 0 saturated heterocycles. The molecule has 40 heavy (non-hydrogen) atoms. The molecule has 1 aliphatic rings. The second-order valence-corrected chi connectivity index (χ2v) is 10.5. The van der Waals surface area contributed by atoms with Gasteiger partial charge in [-0.1, -0.05) is 32.0 Å². The van der Waals surface area contributed by atoms with Gasteiger partial charge in [-0.25, -0.2) is 0 Å². The van der Waals surface area contributed by atoms with Crippen LogP contribution in [0.1, 0.15) is 55.4 Å². The number of hydrogen-bond acceptors (Lipinski definition) is 3. The van der Waals surface area contributed by atoms with Crippen molar-refractivity contribution in [1.29, 1.82) is 0 Å². The van der Waals surface area contributed by atoms with E-state index in [1.54, 1.807) is 4.90 Å². The summed E-state index contributed by atoms with van der Waals surface area (Å²) in [7, 11) is 0. The molecule has 1 atom stereocenters. The Kier molecular flexibility index (Phi) is 9.92. The molecule has 3 rings (SSSR count). The molecule has 0 aliphatic heterocycles. The van der Waals surface area contributed by atoms with E-state index in [0.717, 1.165) is 29.9 Å². The van der Waals surface area contributed by atoms with E-state index in [0.29, 0.717) is 31.1 Å². The lowest BCUT2D eigenvalue weighted by Crippen LogP contribution is -2.43. The molecule has 0 radical (unpaired) electrons. The highest BCUT2D eigenvalue weighted by molar-refractivity contribution is 6.00. The summed E-state index contributed by atoms with van der Waals surface area (Å²) in [5.74, 6) is -1.43. The van der Waals surface area contributed by atoms with Crippen LogP contribution >= 0.6 is 0 Å². The number of alkyl halides is 6. The molecule has 1 fully saturated rings. The zero-order valence-electron chi connectivity index (χ0n) is 23.0. The summed E-state index contributed by atoms with van der Waals surface area (Å²) < 4.78 is 79.2. The van der Waals surface area contributed by atoms with Crippen LogP contribution in [0, 0.1) is 25.7 Å². The molecule has 2 aromatic carbocycles. The molecule has 0 aromatic heterocycles. The quantitative estimate of drug-likeness (QED) is 0.294. The second kappa shape index (κ2) is 12.6. The Labute approximate surface area is 230 Å². The number of carbonyl (C=O) groups is 2. The Balaban J connectivity index is 1.78. The van der Waals surface area contributed by atoms with Crippen molar-refractivity contribution in [2.24, 2.45) is 11.8 Å². The molecule has 2 aromatic rings. The summed E-state index contributed by atoms with van der Waals surface area (Å²) in [5.41, 5.74) is -1.23. The van der Waals surface area contributed by atoms with Crippen LogP contribution in [-0.4, -0.2) is 42.9 Å². The van der Waals surface area contributed by atoms with Crippen molar-refractivity contribution in [2.45, 2.75) is 59.3 Å². The van der Waals surface area contributed by atoms with Gasteiger partial charge >= 0.3 is 12.4 Å². The zero-order chi connectivity index (χ0) is 29.8. The summed E-state index contributed by atoms with van der Waals surface area (Å²) in [5, 5.41) is 2.12. The van der Waals surface area contributed by atoms with E-state index < -0.39 is 47.4 Å². The first-order chi connectivity index (χ1) is 18.6. The topological polar surface area (TPSA) is 52.7 Å². The maximum atomic E-state index is 13.7. The number of rotatable bonds is 11. The highest BCUT2D eigenvalue weighted by Gasteiger charge is 2.37. The first kappa shape index (κ1) is 31.4. The smallest absolute Gasteiger partial charge is 0.326 e. The van der Waals surface area contributed by atoms with Crippen molar-refractivity contribution >= 4 is 23.2 Å². The lowest BCUT2D eigenvalue weighted by molar-refractivity contribution is -0.143. The third kappa shape index (κ3) is 8.46. The van der Waals surface area contributed by atoms with Crippen LogP contribution in [0.3, 0.4) is 0 Å². The monoisotopic (exact) mass is 571 g/mol. The van der Waals surface area contributed by atoms with Gasteiger partial charge in [0, 0.05) is 43.3 Å². The van der Waals surface area contributed by atoms with E-state index in [2.05, 4.69) is 17.1 Å². The number of nitrogens with zero attached hydrogens (tertiary/aromatic N) is 2. The van der Waals surface area contributed by atoms with Gasteiger partial charge in [0.25, 0.3) is 0 Å². The maximum absolute atomic E-state index is 13.7. The number of nitrogens with one attached hydrogen (secondary N) is 1. The molecule has 0 heterocycles. The number of halogens is 6.